The zero-order valence-electron chi connectivity index (χ0n) is 14.9. The van der Waals surface area contributed by atoms with E-state index < -0.39 is 0 Å². The van der Waals surface area contributed by atoms with E-state index in [2.05, 4.69) is 32.5 Å². The van der Waals surface area contributed by atoms with Crippen molar-refractivity contribution in [2.75, 3.05) is 13.1 Å². The summed E-state index contributed by atoms with van der Waals surface area (Å²) in [4.78, 5) is 19.8. The van der Waals surface area contributed by atoms with Gasteiger partial charge in [-0.25, -0.2) is 0 Å². The van der Waals surface area contributed by atoms with Gasteiger partial charge in [-0.2, -0.15) is 0 Å². The van der Waals surface area contributed by atoms with Crippen LogP contribution in [0, 0.1) is 5.41 Å². The summed E-state index contributed by atoms with van der Waals surface area (Å²) in [6, 6.07) is 5.39. The quantitative estimate of drug-likeness (QED) is 0.653. The molecule has 1 aromatic rings. The molecule has 4 nitrogen and oxygen atoms in total. The van der Waals surface area contributed by atoms with E-state index in [4.69, 9.17) is 28.0 Å². The predicted octanol–water partition coefficient (Wildman–Crippen LogP) is 4.94. The molecule has 0 radical (unpaired) electrons. The minimum absolute atomic E-state index is 0.0608. The molecule has 1 heterocycles. The van der Waals surface area contributed by atoms with Crippen LogP contribution in [0.25, 0.3) is 0 Å². The fourth-order valence-electron chi connectivity index (χ4n) is 2.62. The number of nitrogens with zero attached hydrogens (tertiary/aromatic N) is 2. The molecule has 0 aliphatic carbocycles. The van der Waals surface area contributed by atoms with E-state index in [1.54, 1.807) is 23.1 Å². The number of carbonyl (C=O) groups excluding carboxylic acids is 1. The van der Waals surface area contributed by atoms with Gasteiger partial charge < -0.3 is 9.74 Å². The van der Waals surface area contributed by atoms with Gasteiger partial charge in [-0.05, 0) is 17.5 Å². The number of hydrogen-bond acceptors (Lipinski definition) is 3. The summed E-state index contributed by atoms with van der Waals surface area (Å²) in [7, 11) is 0. The lowest BCUT2D eigenvalue weighted by molar-refractivity contribution is -0.134. The van der Waals surface area contributed by atoms with Gasteiger partial charge in [0.1, 0.15) is 0 Å². The molecule has 0 saturated heterocycles. The molecule has 1 aromatic carbocycles. The normalized spacial score (nSPS) is 17.0. The second kappa shape index (κ2) is 8.24. The van der Waals surface area contributed by atoms with Crippen LogP contribution in [-0.4, -0.2) is 35.7 Å². The predicted molar refractivity (Wildman–Crippen MR) is 103 cm³/mol. The summed E-state index contributed by atoms with van der Waals surface area (Å²) in [5, 5.41) is 5.15. The van der Waals surface area contributed by atoms with Crippen LogP contribution in [0.2, 0.25) is 10.0 Å². The summed E-state index contributed by atoms with van der Waals surface area (Å²) < 4.78 is 0. The van der Waals surface area contributed by atoms with E-state index in [9.17, 15) is 4.79 Å². The summed E-state index contributed by atoms with van der Waals surface area (Å²) in [6.07, 6.45) is 2.66. The number of benzene rings is 1. The first-order valence-electron chi connectivity index (χ1n) is 8.26. The molecule has 0 aromatic heterocycles. The van der Waals surface area contributed by atoms with Gasteiger partial charge in [-0.1, -0.05) is 61.3 Å². The molecule has 136 valence electrons. The van der Waals surface area contributed by atoms with Crippen LogP contribution in [0.3, 0.4) is 0 Å². The van der Waals surface area contributed by atoms with Crippen LogP contribution >= 0.6 is 23.2 Å². The number of hydrogen-bond donors (Lipinski definition) is 0. The lowest BCUT2D eigenvalue weighted by Crippen LogP contribution is -2.39. The number of carbonyl (C=O) groups is 1. The number of halogens is 2. The first-order chi connectivity index (χ1) is 11.7. The highest BCUT2D eigenvalue weighted by atomic mass is 35.5. The topological polar surface area (TPSA) is 41.9 Å². The standard InChI is InChI=1S/C19H24Cl2N2O2/c1-5-8-23(18(24)11-19(2,3)4)12-14-10-17(22-25-14)13-6-7-15(20)16(21)9-13/h5-7,9,14H,1,8,10-12H2,2-4H3. The Bertz CT molecular complexity index is 680. The van der Waals surface area contributed by atoms with Gasteiger partial charge in [0.25, 0.3) is 0 Å². The minimum Gasteiger partial charge on any atom is -0.390 e. The second-order valence-electron chi connectivity index (χ2n) is 7.42. The highest BCUT2D eigenvalue weighted by Crippen LogP contribution is 2.26. The molecule has 0 bridgehead atoms. The van der Waals surface area contributed by atoms with E-state index >= 15 is 0 Å². The van der Waals surface area contributed by atoms with Gasteiger partial charge in [0.2, 0.25) is 5.91 Å². The van der Waals surface area contributed by atoms with E-state index in [-0.39, 0.29) is 17.4 Å². The Kier molecular flexibility index (Phi) is 6.53. The first-order valence-corrected chi connectivity index (χ1v) is 9.02. The third-order valence-corrected chi connectivity index (χ3v) is 4.53. The summed E-state index contributed by atoms with van der Waals surface area (Å²) >= 11 is 12.0. The van der Waals surface area contributed by atoms with Crippen molar-refractivity contribution >= 4 is 34.8 Å². The van der Waals surface area contributed by atoms with E-state index in [0.29, 0.717) is 36.0 Å². The Hall–Kier alpha value is -1.52. The summed E-state index contributed by atoms with van der Waals surface area (Å²) in [5.74, 6) is 0.0963. The lowest BCUT2D eigenvalue weighted by atomic mass is 9.91. The van der Waals surface area contributed by atoms with Crippen molar-refractivity contribution in [3.8, 4) is 0 Å². The lowest BCUT2D eigenvalue weighted by Gasteiger charge is -2.27. The summed E-state index contributed by atoms with van der Waals surface area (Å²) in [6.45, 7) is 10.9. The molecule has 0 N–H and O–H groups in total. The molecule has 6 heteroatoms. The molecule has 1 aliphatic rings. The molecule has 0 saturated carbocycles. The molecule has 1 amide bonds. The van der Waals surface area contributed by atoms with Crippen molar-refractivity contribution < 1.29 is 9.63 Å². The molecule has 0 spiro atoms. The molecular formula is C19H24Cl2N2O2. The van der Waals surface area contributed by atoms with Gasteiger partial charge in [0.15, 0.2) is 6.10 Å². The Labute approximate surface area is 159 Å². The Balaban J connectivity index is 1.99. The monoisotopic (exact) mass is 382 g/mol. The van der Waals surface area contributed by atoms with Crippen molar-refractivity contribution in [3.63, 3.8) is 0 Å². The first kappa shape index (κ1) is 19.8. The van der Waals surface area contributed by atoms with Crippen LogP contribution in [-0.2, 0) is 9.63 Å². The third kappa shape index (κ3) is 5.75. The maximum absolute atomic E-state index is 12.5. The molecule has 25 heavy (non-hydrogen) atoms. The highest BCUT2D eigenvalue weighted by Gasteiger charge is 2.28. The number of oxime groups is 1. The van der Waals surface area contributed by atoms with Gasteiger partial charge in [-0.15, -0.1) is 6.58 Å². The van der Waals surface area contributed by atoms with Crippen LogP contribution in [0.4, 0.5) is 0 Å². The molecule has 1 atom stereocenters. The van der Waals surface area contributed by atoms with Crippen molar-refractivity contribution in [2.45, 2.75) is 39.7 Å². The zero-order valence-corrected chi connectivity index (χ0v) is 16.4. The van der Waals surface area contributed by atoms with Gasteiger partial charge in [-0.3, -0.25) is 4.79 Å². The summed E-state index contributed by atoms with van der Waals surface area (Å²) in [5.41, 5.74) is 1.63. The molecule has 1 unspecified atom stereocenters. The van der Waals surface area contributed by atoms with Crippen LogP contribution in [0.5, 0.6) is 0 Å². The highest BCUT2D eigenvalue weighted by molar-refractivity contribution is 6.42. The fraction of sp³-hybridized carbons (Fsp3) is 0.474. The number of amides is 1. The van der Waals surface area contributed by atoms with E-state index in [1.165, 1.54) is 0 Å². The van der Waals surface area contributed by atoms with Crippen molar-refractivity contribution in [1.82, 2.24) is 4.90 Å². The van der Waals surface area contributed by atoms with Crippen molar-refractivity contribution in [1.29, 1.82) is 0 Å². The Morgan fingerprint density at radius 1 is 1.40 bits per heavy atom. The number of rotatable bonds is 6. The van der Waals surface area contributed by atoms with Crippen molar-refractivity contribution in [3.05, 3.63) is 46.5 Å². The fourth-order valence-corrected chi connectivity index (χ4v) is 2.92. The Morgan fingerprint density at radius 3 is 2.72 bits per heavy atom. The second-order valence-corrected chi connectivity index (χ2v) is 8.24. The maximum atomic E-state index is 12.5. The van der Waals surface area contributed by atoms with E-state index in [0.717, 1.165) is 11.3 Å². The average Bonchev–Trinajstić information content (AvgIpc) is 2.96. The van der Waals surface area contributed by atoms with Crippen LogP contribution < -0.4 is 0 Å². The molecule has 0 fully saturated rings. The maximum Gasteiger partial charge on any atom is 0.223 e. The Morgan fingerprint density at radius 2 is 2.12 bits per heavy atom. The van der Waals surface area contributed by atoms with Gasteiger partial charge in [0, 0.05) is 24.9 Å². The van der Waals surface area contributed by atoms with Crippen LogP contribution in [0.1, 0.15) is 39.2 Å². The van der Waals surface area contributed by atoms with Gasteiger partial charge >= 0.3 is 0 Å². The zero-order chi connectivity index (χ0) is 18.6. The SMILES string of the molecule is C=CCN(CC1CC(c2ccc(Cl)c(Cl)c2)=NO1)C(=O)CC(C)(C)C. The molecular weight excluding hydrogens is 359 g/mol. The van der Waals surface area contributed by atoms with E-state index in [1.807, 2.05) is 6.07 Å². The third-order valence-electron chi connectivity index (χ3n) is 3.79. The largest absolute Gasteiger partial charge is 0.390 e. The van der Waals surface area contributed by atoms with Crippen LogP contribution in [0.15, 0.2) is 36.0 Å². The van der Waals surface area contributed by atoms with Gasteiger partial charge in [0.05, 0.1) is 22.3 Å². The smallest absolute Gasteiger partial charge is 0.223 e. The molecule has 2 rings (SSSR count). The average molecular weight is 383 g/mol. The molecule has 1 aliphatic heterocycles. The van der Waals surface area contributed by atoms with Crippen molar-refractivity contribution in [2.24, 2.45) is 10.6 Å². The minimum atomic E-state index is -0.173.